The van der Waals surface area contributed by atoms with E-state index < -0.39 is 0 Å². The molecule has 0 spiro atoms. The average molecular weight is 274 g/mol. The van der Waals surface area contributed by atoms with Gasteiger partial charge in [-0.2, -0.15) is 0 Å². The Labute approximate surface area is 98.1 Å². The molecule has 2 heterocycles. The number of furan rings is 1. The van der Waals surface area contributed by atoms with Gasteiger partial charge in [0.1, 0.15) is 5.76 Å². The fraction of sp³-hybridized carbons (Fsp3) is 0.636. The zero-order valence-electron chi connectivity index (χ0n) is 8.83. The molecule has 1 fully saturated rings. The number of hydrogen-bond acceptors (Lipinski definition) is 3. The molecule has 0 saturated carbocycles. The third kappa shape index (κ3) is 2.12. The van der Waals surface area contributed by atoms with E-state index >= 15 is 0 Å². The molecule has 2 rings (SSSR count). The molecule has 2 unspecified atom stereocenters. The minimum absolute atomic E-state index is 0.206. The maximum atomic E-state index is 6.20. The van der Waals surface area contributed by atoms with Gasteiger partial charge in [0.2, 0.25) is 0 Å². The summed E-state index contributed by atoms with van der Waals surface area (Å²) in [4.78, 5) is 0. The van der Waals surface area contributed by atoms with E-state index in [-0.39, 0.29) is 11.6 Å². The zero-order chi connectivity index (χ0) is 10.9. The zero-order valence-corrected chi connectivity index (χ0v) is 10.4. The largest absolute Gasteiger partial charge is 0.466 e. The Kier molecular flexibility index (Phi) is 3.19. The molecule has 0 radical (unpaired) electrons. The van der Waals surface area contributed by atoms with Gasteiger partial charge in [0.25, 0.3) is 0 Å². The molecular formula is C11H16BrNO2. The standard InChI is InChI=1S/C11H16BrNO2/c1-11(5-2-3-6-15-11)10(13)9-8(12)4-7-14-9/h4,7,10H,2-3,5-6,13H2,1H3. The molecule has 0 aromatic carbocycles. The minimum atomic E-state index is -0.293. The molecule has 0 bridgehead atoms. The van der Waals surface area contributed by atoms with Gasteiger partial charge in [0.15, 0.2) is 0 Å². The van der Waals surface area contributed by atoms with Crippen LogP contribution in [0, 0.1) is 0 Å². The fourth-order valence-electron chi connectivity index (χ4n) is 2.01. The lowest BCUT2D eigenvalue weighted by atomic mass is 9.87. The molecule has 0 amide bonds. The summed E-state index contributed by atoms with van der Waals surface area (Å²) >= 11 is 3.43. The summed E-state index contributed by atoms with van der Waals surface area (Å²) in [6, 6.07) is 1.66. The Hall–Kier alpha value is -0.320. The number of rotatable bonds is 2. The number of ether oxygens (including phenoxy) is 1. The van der Waals surface area contributed by atoms with Crippen LogP contribution in [0.2, 0.25) is 0 Å². The molecule has 1 saturated heterocycles. The number of nitrogens with two attached hydrogens (primary N) is 1. The molecule has 15 heavy (non-hydrogen) atoms. The summed E-state index contributed by atoms with van der Waals surface area (Å²) in [5.41, 5.74) is 5.91. The highest BCUT2D eigenvalue weighted by Crippen LogP contribution is 2.37. The molecule has 0 aliphatic carbocycles. The van der Waals surface area contributed by atoms with Crippen molar-refractivity contribution < 1.29 is 9.15 Å². The first-order chi connectivity index (χ1) is 7.13. The first-order valence-corrected chi connectivity index (χ1v) is 6.05. The van der Waals surface area contributed by atoms with Crippen LogP contribution < -0.4 is 5.73 Å². The summed E-state index contributed by atoms with van der Waals surface area (Å²) in [7, 11) is 0. The number of hydrogen-bond donors (Lipinski definition) is 1. The highest BCUT2D eigenvalue weighted by atomic mass is 79.9. The van der Waals surface area contributed by atoms with Crippen LogP contribution in [0.1, 0.15) is 38.0 Å². The van der Waals surface area contributed by atoms with Crippen molar-refractivity contribution in [3.63, 3.8) is 0 Å². The summed E-state index contributed by atoms with van der Waals surface area (Å²) in [5.74, 6) is 0.777. The van der Waals surface area contributed by atoms with Crippen molar-refractivity contribution in [3.8, 4) is 0 Å². The maximum absolute atomic E-state index is 6.20. The van der Waals surface area contributed by atoms with E-state index in [4.69, 9.17) is 14.9 Å². The fourth-order valence-corrected chi connectivity index (χ4v) is 2.45. The molecule has 84 valence electrons. The first kappa shape index (κ1) is 11.2. The molecule has 1 aromatic rings. The van der Waals surface area contributed by atoms with Crippen LogP contribution in [0.3, 0.4) is 0 Å². The molecular weight excluding hydrogens is 258 g/mol. The summed E-state index contributed by atoms with van der Waals surface area (Å²) < 4.78 is 12.1. The third-order valence-corrected chi connectivity index (χ3v) is 3.74. The van der Waals surface area contributed by atoms with Gasteiger partial charge >= 0.3 is 0 Å². The van der Waals surface area contributed by atoms with E-state index in [0.717, 1.165) is 29.7 Å². The van der Waals surface area contributed by atoms with Crippen molar-refractivity contribution in [3.05, 3.63) is 22.6 Å². The molecule has 1 aliphatic rings. The van der Waals surface area contributed by atoms with E-state index in [0.29, 0.717) is 0 Å². The molecule has 4 heteroatoms. The van der Waals surface area contributed by atoms with Crippen LogP contribution in [-0.2, 0) is 4.74 Å². The van der Waals surface area contributed by atoms with Crippen LogP contribution in [0.5, 0.6) is 0 Å². The Morgan fingerprint density at radius 3 is 2.87 bits per heavy atom. The van der Waals surface area contributed by atoms with Crippen molar-refractivity contribution in [1.29, 1.82) is 0 Å². The van der Waals surface area contributed by atoms with Gasteiger partial charge in [-0.05, 0) is 48.2 Å². The highest BCUT2D eigenvalue weighted by molar-refractivity contribution is 9.10. The van der Waals surface area contributed by atoms with Crippen LogP contribution >= 0.6 is 15.9 Å². The quantitative estimate of drug-likeness (QED) is 0.901. The topological polar surface area (TPSA) is 48.4 Å². The highest BCUT2D eigenvalue weighted by Gasteiger charge is 2.37. The smallest absolute Gasteiger partial charge is 0.137 e. The van der Waals surface area contributed by atoms with Crippen LogP contribution in [0.15, 0.2) is 21.2 Å². The molecule has 2 atom stereocenters. The SMILES string of the molecule is CC1(C(N)c2occc2Br)CCCCO1. The average Bonchev–Trinajstić information content (AvgIpc) is 2.64. The van der Waals surface area contributed by atoms with Crippen molar-refractivity contribution in [1.82, 2.24) is 0 Å². The van der Waals surface area contributed by atoms with Crippen LogP contribution in [0.25, 0.3) is 0 Å². The third-order valence-electron chi connectivity index (χ3n) is 3.08. The second-order valence-corrected chi connectivity index (χ2v) is 5.08. The molecule has 1 aliphatic heterocycles. The summed E-state index contributed by atoms with van der Waals surface area (Å²) in [6.07, 6.45) is 4.93. The van der Waals surface area contributed by atoms with Crippen LogP contribution in [-0.4, -0.2) is 12.2 Å². The van der Waals surface area contributed by atoms with E-state index in [1.807, 2.05) is 6.07 Å². The summed E-state index contributed by atoms with van der Waals surface area (Å²) in [6.45, 7) is 2.86. The van der Waals surface area contributed by atoms with E-state index in [1.54, 1.807) is 6.26 Å². The van der Waals surface area contributed by atoms with Gasteiger partial charge in [-0.15, -0.1) is 0 Å². The van der Waals surface area contributed by atoms with Crippen molar-refractivity contribution in [2.45, 2.75) is 37.8 Å². The van der Waals surface area contributed by atoms with Crippen LogP contribution in [0.4, 0.5) is 0 Å². The minimum Gasteiger partial charge on any atom is -0.466 e. The van der Waals surface area contributed by atoms with Gasteiger partial charge in [0.05, 0.1) is 22.4 Å². The van der Waals surface area contributed by atoms with E-state index in [2.05, 4.69) is 22.9 Å². The van der Waals surface area contributed by atoms with Gasteiger partial charge in [-0.1, -0.05) is 0 Å². The Morgan fingerprint density at radius 2 is 2.33 bits per heavy atom. The van der Waals surface area contributed by atoms with Gasteiger partial charge in [0, 0.05) is 6.61 Å². The predicted octanol–water partition coefficient (Wildman–Crippen LogP) is 3.00. The second-order valence-electron chi connectivity index (χ2n) is 4.23. The lowest BCUT2D eigenvalue weighted by Crippen LogP contribution is -2.43. The van der Waals surface area contributed by atoms with Crippen molar-refractivity contribution >= 4 is 15.9 Å². The molecule has 1 aromatic heterocycles. The van der Waals surface area contributed by atoms with Gasteiger partial charge in [-0.3, -0.25) is 0 Å². The van der Waals surface area contributed by atoms with Crippen molar-refractivity contribution in [2.75, 3.05) is 6.61 Å². The van der Waals surface area contributed by atoms with Gasteiger partial charge < -0.3 is 14.9 Å². The Balaban J connectivity index is 2.19. The number of halogens is 1. The van der Waals surface area contributed by atoms with E-state index in [9.17, 15) is 0 Å². The van der Waals surface area contributed by atoms with Gasteiger partial charge in [-0.25, -0.2) is 0 Å². The Bertz CT molecular complexity index is 331. The second kappa shape index (κ2) is 4.28. The molecule has 3 nitrogen and oxygen atoms in total. The Morgan fingerprint density at radius 1 is 1.53 bits per heavy atom. The normalized spacial score (nSPS) is 29.0. The monoisotopic (exact) mass is 273 g/mol. The summed E-state index contributed by atoms with van der Waals surface area (Å²) in [5, 5.41) is 0. The lowest BCUT2D eigenvalue weighted by molar-refractivity contribution is -0.0856. The van der Waals surface area contributed by atoms with E-state index in [1.165, 1.54) is 6.42 Å². The lowest BCUT2D eigenvalue weighted by Gasteiger charge is -2.37. The van der Waals surface area contributed by atoms with Crippen molar-refractivity contribution in [2.24, 2.45) is 5.73 Å². The first-order valence-electron chi connectivity index (χ1n) is 5.26. The molecule has 2 N–H and O–H groups in total. The maximum Gasteiger partial charge on any atom is 0.137 e. The predicted molar refractivity (Wildman–Crippen MR) is 61.5 cm³/mol.